The lowest BCUT2D eigenvalue weighted by atomic mass is 9.89. The molecular formula is C19H28N4O2. The van der Waals surface area contributed by atoms with Crippen LogP contribution in [-0.4, -0.2) is 31.4 Å². The Bertz CT molecular complexity index is 649. The second-order valence-electron chi connectivity index (χ2n) is 6.59. The van der Waals surface area contributed by atoms with E-state index in [0.29, 0.717) is 25.9 Å². The van der Waals surface area contributed by atoms with E-state index >= 15 is 0 Å². The van der Waals surface area contributed by atoms with Crippen LogP contribution in [0.4, 0.5) is 0 Å². The first-order valence-electron chi connectivity index (χ1n) is 8.94. The van der Waals surface area contributed by atoms with Gasteiger partial charge in [0.15, 0.2) is 0 Å². The number of rotatable bonds is 10. The molecule has 0 bridgehead atoms. The quantitative estimate of drug-likeness (QED) is 0.694. The van der Waals surface area contributed by atoms with Gasteiger partial charge in [0.1, 0.15) is 12.7 Å². The van der Waals surface area contributed by atoms with Crippen LogP contribution in [0.1, 0.15) is 57.1 Å². The molecule has 0 radical (unpaired) electrons. The van der Waals surface area contributed by atoms with Crippen molar-refractivity contribution in [2.75, 3.05) is 0 Å². The summed E-state index contributed by atoms with van der Waals surface area (Å²) in [6, 6.07) is 8.02. The van der Waals surface area contributed by atoms with E-state index in [1.807, 2.05) is 38.1 Å². The third-order valence-electron chi connectivity index (χ3n) is 4.21. The fraction of sp³-hybridized carbons (Fsp3) is 0.526. The zero-order valence-corrected chi connectivity index (χ0v) is 15.1. The van der Waals surface area contributed by atoms with Gasteiger partial charge < -0.3 is 10.4 Å². The van der Waals surface area contributed by atoms with E-state index in [9.17, 15) is 9.90 Å². The average molecular weight is 344 g/mol. The van der Waals surface area contributed by atoms with Gasteiger partial charge in [0.25, 0.3) is 0 Å². The van der Waals surface area contributed by atoms with Crippen molar-refractivity contribution in [1.29, 1.82) is 0 Å². The molecular weight excluding hydrogens is 316 g/mol. The summed E-state index contributed by atoms with van der Waals surface area (Å²) < 4.78 is 1.76. The van der Waals surface area contributed by atoms with Crippen LogP contribution >= 0.6 is 0 Å². The van der Waals surface area contributed by atoms with Gasteiger partial charge in [-0.15, -0.1) is 0 Å². The second kappa shape index (κ2) is 9.32. The highest BCUT2D eigenvalue weighted by Crippen LogP contribution is 2.23. The molecule has 2 rings (SSSR count). The van der Waals surface area contributed by atoms with Crippen LogP contribution in [0, 0.1) is 0 Å². The second-order valence-corrected chi connectivity index (χ2v) is 6.59. The summed E-state index contributed by atoms with van der Waals surface area (Å²) in [6.45, 7) is 5.16. The maximum atomic E-state index is 12.2. The van der Waals surface area contributed by atoms with Gasteiger partial charge in [0, 0.05) is 6.54 Å². The number of aliphatic hydroxyl groups is 1. The highest BCUT2D eigenvalue weighted by molar-refractivity contribution is 5.77. The summed E-state index contributed by atoms with van der Waals surface area (Å²) in [6.07, 6.45) is 6.40. The first-order chi connectivity index (χ1) is 12.0. The van der Waals surface area contributed by atoms with Crippen molar-refractivity contribution in [3.8, 4) is 0 Å². The van der Waals surface area contributed by atoms with E-state index in [1.165, 1.54) is 6.33 Å². The lowest BCUT2D eigenvalue weighted by Crippen LogP contribution is -2.36. The molecule has 0 spiro atoms. The number of carbonyl (C=O) groups is 1. The number of hydrogen-bond donors (Lipinski definition) is 2. The molecule has 0 aliphatic rings. The van der Waals surface area contributed by atoms with Gasteiger partial charge in [-0.2, -0.15) is 5.10 Å². The summed E-state index contributed by atoms with van der Waals surface area (Å²) in [5.41, 5.74) is 1.24. The van der Waals surface area contributed by atoms with Gasteiger partial charge in [-0.1, -0.05) is 51.0 Å². The summed E-state index contributed by atoms with van der Waals surface area (Å²) >= 11 is 0. The lowest BCUT2D eigenvalue weighted by Gasteiger charge is -2.26. The van der Waals surface area contributed by atoms with Crippen LogP contribution in [0.25, 0.3) is 0 Å². The average Bonchev–Trinajstić information content (AvgIpc) is 3.06. The predicted molar refractivity (Wildman–Crippen MR) is 96.8 cm³/mol. The zero-order chi connectivity index (χ0) is 18.1. The van der Waals surface area contributed by atoms with Crippen molar-refractivity contribution in [3.63, 3.8) is 0 Å². The Morgan fingerprint density at radius 2 is 1.96 bits per heavy atom. The van der Waals surface area contributed by atoms with Gasteiger partial charge in [0.2, 0.25) is 5.91 Å². The SMILES string of the molecule is CCCC(O)(CCC)CC(=O)NCc1cccc(Cn2cncn2)c1. The van der Waals surface area contributed by atoms with Gasteiger partial charge in [-0.25, -0.2) is 9.67 Å². The largest absolute Gasteiger partial charge is 0.389 e. The van der Waals surface area contributed by atoms with E-state index in [4.69, 9.17) is 0 Å². The molecule has 2 N–H and O–H groups in total. The Balaban J connectivity index is 1.88. The van der Waals surface area contributed by atoms with E-state index < -0.39 is 5.60 Å². The zero-order valence-electron chi connectivity index (χ0n) is 15.1. The summed E-state index contributed by atoms with van der Waals surface area (Å²) in [7, 11) is 0. The van der Waals surface area contributed by atoms with E-state index in [2.05, 4.69) is 15.4 Å². The van der Waals surface area contributed by atoms with Gasteiger partial charge in [-0.05, 0) is 24.0 Å². The normalized spacial score (nSPS) is 11.5. The molecule has 136 valence electrons. The van der Waals surface area contributed by atoms with Crippen molar-refractivity contribution in [2.45, 2.75) is 64.6 Å². The number of hydrogen-bond acceptors (Lipinski definition) is 4. The molecule has 1 aromatic heterocycles. The Kier molecular flexibility index (Phi) is 7.13. The molecule has 0 aliphatic carbocycles. The standard InChI is InChI=1S/C19H28N4O2/c1-3-8-19(25,9-4-2)11-18(24)21-12-16-6-5-7-17(10-16)13-23-15-20-14-22-23/h5-7,10,14-15,25H,3-4,8-9,11-13H2,1-2H3,(H,21,24). The Labute approximate surface area is 149 Å². The smallest absolute Gasteiger partial charge is 0.223 e. The molecule has 1 heterocycles. The molecule has 0 aliphatic heterocycles. The number of aromatic nitrogens is 3. The summed E-state index contributed by atoms with van der Waals surface area (Å²) in [5, 5.41) is 17.6. The molecule has 2 aromatic rings. The number of nitrogens with one attached hydrogen (secondary N) is 1. The predicted octanol–water partition coefficient (Wildman–Crippen LogP) is 2.66. The van der Waals surface area contributed by atoms with Crippen LogP contribution in [0.15, 0.2) is 36.9 Å². The van der Waals surface area contributed by atoms with E-state index in [1.54, 1.807) is 11.0 Å². The monoisotopic (exact) mass is 344 g/mol. The molecule has 1 aromatic carbocycles. The van der Waals surface area contributed by atoms with Gasteiger partial charge >= 0.3 is 0 Å². The fourth-order valence-electron chi connectivity index (χ4n) is 3.13. The third-order valence-corrected chi connectivity index (χ3v) is 4.21. The van der Waals surface area contributed by atoms with Crippen molar-refractivity contribution in [1.82, 2.24) is 20.1 Å². The van der Waals surface area contributed by atoms with Gasteiger partial charge in [0.05, 0.1) is 18.6 Å². The third kappa shape index (κ3) is 6.31. The van der Waals surface area contributed by atoms with Crippen LogP contribution in [0.2, 0.25) is 0 Å². The van der Waals surface area contributed by atoms with Crippen LogP contribution in [0.3, 0.4) is 0 Å². The van der Waals surface area contributed by atoms with Crippen molar-refractivity contribution < 1.29 is 9.90 Å². The highest BCUT2D eigenvalue weighted by atomic mass is 16.3. The number of amides is 1. The number of carbonyl (C=O) groups excluding carboxylic acids is 1. The molecule has 0 saturated heterocycles. The van der Waals surface area contributed by atoms with Crippen LogP contribution in [0.5, 0.6) is 0 Å². The minimum absolute atomic E-state index is 0.105. The van der Waals surface area contributed by atoms with Crippen molar-refractivity contribution >= 4 is 5.91 Å². The first-order valence-corrected chi connectivity index (χ1v) is 8.94. The molecule has 0 atom stereocenters. The molecule has 0 unspecified atom stereocenters. The minimum Gasteiger partial charge on any atom is -0.389 e. The summed E-state index contributed by atoms with van der Waals surface area (Å²) in [5.74, 6) is -0.105. The van der Waals surface area contributed by atoms with Gasteiger partial charge in [-0.3, -0.25) is 4.79 Å². The van der Waals surface area contributed by atoms with E-state index in [-0.39, 0.29) is 12.3 Å². The molecule has 6 heteroatoms. The van der Waals surface area contributed by atoms with Crippen molar-refractivity contribution in [2.24, 2.45) is 0 Å². The Morgan fingerprint density at radius 1 is 1.24 bits per heavy atom. The minimum atomic E-state index is -0.886. The fourth-order valence-corrected chi connectivity index (χ4v) is 3.13. The highest BCUT2D eigenvalue weighted by Gasteiger charge is 2.27. The Morgan fingerprint density at radius 3 is 2.60 bits per heavy atom. The maximum Gasteiger partial charge on any atom is 0.223 e. The topological polar surface area (TPSA) is 80.0 Å². The van der Waals surface area contributed by atoms with Crippen LogP contribution in [-0.2, 0) is 17.9 Å². The maximum absolute atomic E-state index is 12.2. The van der Waals surface area contributed by atoms with E-state index in [0.717, 1.165) is 24.0 Å². The number of nitrogens with zero attached hydrogens (tertiary/aromatic N) is 3. The first kappa shape index (κ1) is 19.1. The Hall–Kier alpha value is -2.21. The molecule has 25 heavy (non-hydrogen) atoms. The molecule has 0 saturated carbocycles. The lowest BCUT2D eigenvalue weighted by molar-refractivity contribution is -0.126. The number of benzene rings is 1. The summed E-state index contributed by atoms with van der Waals surface area (Å²) in [4.78, 5) is 16.2. The van der Waals surface area contributed by atoms with Crippen LogP contribution < -0.4 is 5.32 Å². The molecule has 0 fully saturated rings. The van der Waals surface area contributed by atoms with Crippen molar-refractivity contribution in [3.05, 3.63) is 48.0 Å². The molecule has 6 nitrogen and oxygen atoms in total. The molecule has 1 amide bonds.